The summed E-state index contributed by atoms with van der Waals surface area (Å²) in [6.45, 7) is 4.94. The molecule has 1 unspecified atom stereocenters. The molecule has 0 aliphatic rings. The highest BCUT2D eigenvalue weighted by Crippen LogP contribution is 2.05. The van der Waals surface area contributed by atoms with Crippen molar-refractivity contribution in [3.63, 3.8) is 0 Å². The highest BCUT2D eigenvalue weighted by molar-refractivity contribution is 5.69. The number of nitrogens with one attached hydrogen (secondary N) is 1. The predicted octanol–water partition coefficient (Wildman–Crippen LogP) is -1.02. The molecule has 0 aromatic rings. The molecule has 0 saturated heterocycles. The van der Waals surface area contributed by atoms with Crippen LogP contribution in [0.1, 0.15) is 6.42 Å². The van der Waals surface area contributed by atoms with Crippen LogP contribution in [0, 0.1) is 0 Å². The van der Waals surface area contributed by atoms with E-state index in [2.05, 4.69) is 11.9 Å². The summed E-state index contributed by atoms with van der Waals surface area (Å²) in [5, 5.41) is 13.9. The van der Waals surface area contributed by atoms with Crippen LogP contribution in [0.5, 0.6) is 0 Å². The molecule has 0 aromatic heterocycles. The molecule has 0 aliphatic heterocycles. The van der Waals surface area contributed by atoms with Gasteiger partial charge in [0.2, 0.25) is 0 Å². The molecule has 0 radical (unpaired) electrons. The maximum atomic E-state index is 10.8. The molecule has 4 nitrogen and oxygen atoms in total. The first-order valence-corrected chi connectivity index (χ1v) is 4.73. The first kappa shape index (κ1) is 13.1. The lowest BCUT2D eigenvalue weighted by Crippen LogP contribution is -2.55. The number of nitrogens with zero attached hydrogens (tertiary/aromatic N) is 1. The van der Waals surface area contributed by atoms with Crippen LogP contribution in [0.4, 0.5) is 0 Å². The Bertz CT molecular complexity index is 197. The minimum Gasteiger partial charge on any atom is -0.544 e. The largest absolute Gasteiger partial charge is 0.544 e. The summed E-state index contributed by atoms with van der Waals surface area (Å²) < 4.78 is 0.387. The van der Waals surface area contributed by atoms with Crippen molar-refractivity contribution in [3.05, 3.63) is 12.7 Å². The molecule has 0 spiro atoms. The first-order chi connectivity index (χ1) is 6.39. The molecule has 14 heavy (non-hydrogen) atoms. The Labute approximate surface area is 85.8 Å². The summed E-state index contributed by atoms with van der Waals surface area (Å²) in [5.41, 5.74) is 0. The second-order valence-corrected chi connectivity index (χ2v) is 4.23. The molecule has 4 heteroatoms. The van der Waals surface area contributed by atoms with E-state index in [0.29, 0.717) is 24.0 Å². The number of carboxylic acids is 1. The van der Waals surface area contributed by atoms with Gasteiger partial charge >= 0.3 is 0 Å². The molecular formula is C10H20N2O2. The number of quaternary nitrogens is 1. The number of hydrogen-bond donors (Lipinski definition) is 1. The van der Waals surface area contributed by atoms with E-state index < -0.39 is 12.0 Å². The van der Waals surface area contributed by atoms with Crippen molar-refractivity contribution in [2.75, 3.05) is 34.2 Å². The van der Waals surface area contributed by atoms with Gasteiger partial charge in [0.05, 0.1) is 27.1 Å². The Morgan fingerprint density at radius 2 is 2.14 bits per heavy atom. The summed E-state index contributed by atoms with van der Waals surface area (Å²) >= 11 is 0. The molecule has 0 bridgehead atoms. The highest BCUT2D eigenvalue weighted by atomic mass is 16.4. The Hall–Kier alpha value is -0.870. The summed E-state index contributed by atoms with van der Waals surface area (Å²) in [7, 11) is 5.57. The molecule has 0 aliphatic carbocycles. The van der Waals surface area contributed by atoms with Crippen molar-refractivity contribution in [3.8, 4) is 0 Å². The molecule has 0 amide bonds. The van der Waals surface area contributed by atoms with E-state index >= 15 is 0 Å². The van der Waals surface area contributed by atoms with E-state index in [4.69, 9.17) is 0 Å². The molecule has 0 saturated carbocycles. The van der Waals surface area contributed by atoms with Gasteiger partial charge in [-0.25, -0.2) is 0 Å². The highest BCUT2D eigenvalue weighted by Gasteiger charge is 2.24. The minimum atomic E-state index is -0.988. The number of carbonyl (C=O) groups is 1. The van der Waals surface area contributed by atoms with Crippen LogP contribution in [-0.2, 0) is 4.79 Å². The number of likely N-dealkylation sites (N-methyl/N-ethyl adjacent to an activating group) is 1. The second kappa shape index (κ2) is 5.78. The van der Waals surface area contributed by atoms with E-state index in [1.807, 2.05) is 21.1 Å². The van der Waals surface area contributed by atoms with E-state index in [9.17, 15) is 9.90 Å². The van der Waals surface area contributed by atoms with Crippen LogP contribution in [0.15, 0.2) is 12.7 Å². The molecule has 0 rings (SSSR count). The van der Waals surface area contributed by atoms with Gasteiger partial charge in [0.15, 0.2) is 0 Å². The lowest BCUT2D eigenvalue weighted by Gasteiger charge is -2.34. The van der Waals surface area contributed by atoms with Gasteiger partial charge in [0.25, 0.3) is 0 Å². The molecule has 82 valence electrons. The Morgan fingerprint density at radius 3 is 2.50 bits per heavy atom. The van der Waals surface area contributed by atoms with Crippen molar-refractivity contribution in [2.45, 2.75) is 12.5 Å². The van der Waals surface area contributed by atoms with Crippen molar-refractivity contribution < 1.29 is 14.4 Å². The fourth-order valence-corrected chi connectivity index (χ4v) is 1.26. The van der Waals surface area contributed by atoms with E-state index in [1.54, 1.807) is 6.08 Å². The quantitative estimate of drug-likeness (QED) is 0.325. The minimum absolute atomic E-state index is 0.387. The van der Waals surface area contributed by atoms with Gasteiger partial charge in [-0.2, -0.15) is 0 Å². The number of rotatable bonds is 7. The van der Waals surface area contributed by atoms with Gasteiger partial charge < -0.3 is 19.7 Å². The topological polar surface area (TPSA) is 52.2 Å². The van der Waals surface area contributed by atoms with Crippen molar-refractivity contribution in [1.29, 1.82) is 0 Å². The van der Waals surface area contributed by atoms with Gasteiger partial charge in [-0.3, -0.25) is 0 Å². The average molecular weight is 200 g/mol. The first-order valence-electron chi connectivity index (χ1n) is 4.73. The predicted molar refractivity (Wildman–Crippen MR) is 54.5 cm³/mol. The van der Waals surface area contributed by atoms with E-state index in [-0.39, 0.29) is 0 Å². The van der Waals surface area contributed by atoms with Crippen LogP contribution in [0.25, 0.3) is 0 Å². The third kappa shape index (κ3) is 4.99. The van der Waals surface area contributed by atoms with Crippen LogP contribution < -0.4 is 10.4 Å². The van der Waals surface area contributed by atoms with Gasteiger partial charge in [0.1, 0.15) is 6.04 Å². The molecule has 1 N–H and O–H groups in total. The van der Waals surface area contributed by atoms with Gasteiger partial charge in [-0.05, 0) is 0 Å². The molecule has 0 aromatic carbocycles. The van der Waals surface area contributed by atoms with Crippen LogP contribution >= 0.6 is 0 Å². The summed E-state index contributed by atoms with van der Waals surface area (Å²) in [6, 6.07) is -0.465. The van der Waals surface area contributed by atoms with Gasteiger partial charge in [-0.15, -0.1) is 6.58 Å². The Morgan fingerprint density at radius 1 is 1.57 bits per heavy atom. The third-order valence-electron chi connectivity index (χ3n) is 2.09. The third-order valence-corrected chi connectivity index (χ3v) is 2.09. The van der Waals surface area contributed by atoms with Crippen molar-refractivity contribution >= 4 is 5.97 Å². The monoisotopic (exact) mass is 200 g/mol. The number of hydrogen-bond acceptors (Lipinski definition) is 3. The second-order valence-electron chi connectivity index (χ2n) is 4.23. The zero-order valence-corrected chi connectivity index (χ0v) is 9.25. The van der Waals surface area contributed by atoms with E-state index in [1.165, 1.54) is 0 Å². The summed E-state index contributed by atoms with van der Waals surface area (Å²) in [4.78, 5) is 10.8. The SMILES string of the molecule is C=CCNCCC(C(=O)[O-])[N+](C)(C)C. The van der Waals surface area contributed by atoms with Crippen molar-refractivity contribution in [1.82, 2.24) is 5.32 Å². The van der Waals surface area contributed by atoms with Crippen LogP contribution in [0.2, 0.25) is 0 Å². The summed E-state index contributed by atoms with van der Waals surface area (Å²) in [6.07, 6.45) is 2.32. The molecule has 0 heterocycles. The number of carbonyl (C=O) groups excluding carboxylic acids is 1. The smallest absolute Gasteiger partial charge is 0.130 e. The lowest BCUT2D eigenvalue weighted by molar-refractivity contribution is -0.889. The zero-order valence-electron chi connectivity index (χ0n) is 9.25. The Balaban J connectivity index is 3.99. The molecule has 1 atom stereocenters. The van der Waals surface area contributed by atoms with Gasteiger partial charge in [0, 0.05) is 19.5 Å². The lowest BCUT2D eigenvalue weighted by atomic mass is 10.1. The Kier molecular flexibility index (Phi) is 5.42. The molecule has 0 fully saturated rings. The number of aliphatic carboxylic acids is 1. The van der Waals surface area contributed by atoms with Crippen molar-refractivity contribution in [2.24, 2.45) is 0 Å². The van der Waals surface area contributed by atoms with E-state index in [0.717, 1.165) is 0 Å². The zero-order chi connectivity index (χ0) is 11.2. The average Bonchev–Trinajstić information content (AvgIpc) is 2.01. The fraction of sp³-hybridized carbons (Fsp3) is 0.700. The van der Waals surface area contributed by atoms with Gasteiger partial charge in [-0.1, -0.05) is 6.08 Å². The van der Waals surface area contributed by atoms with Crippen LogP contribution in [-0.4, -0.2) is 50.7 Å². The summed E-state index contributed by atoms with van der Waals surface area (Å²) in [5.74, 6) is -0.988. The fourth-order valence-electron chi connectivity index (χ4n) is 1.26. The normalized spacial score (nSPS) is 13.6. The standard InChI is InChI=1S/C10H20N2O2/c1-5-7-11-8-6-9(10(13)14)12(2,3)4/h5,9,11H,1,6-8H2,2-4H3. The maximum Gasteiger partial charge on any atom is 0.130 e. The number of carboxylic acid groups (broad SMARTS) is 1. The van der Waals surface area contributed by atoms with Crippen LogP contribution in [0.3, 0.4) is 0 Å². The molecular weight excluding hydrogens is 180 g/mol. The maximum absolute atomic E-state index is 10.8.